The Kier molecular flexibility index (Phi) is 3.62. The summed E-state index contributed by atoms with van der Waals surface area (Å²) in [6.07, 6.45) is 1.59. The van der Waals surface area contributed by atoms with E-state index in [2.05, 4.69) is 10.3 Å². The smallest absolute Gasteiger partial charge is 0.328 e. The average Bonchev–Trinajstić information content (AvgIpc) is 2.30. The number of hydrogen-bond acceptors (Lipinski definition) is 4. The van der Waals surface area contributed by atoms with E-state index in [0.29, 0.717) is 11.4 Å². The Morgan fingerprint density at radius 3 is 2.79 bits per heavy atom. The van der Waals surface area contributed by atoms with Gasteiger partial charge in [0.15, 0.2) is 0 Å². The van der Waals surface area contributed by atoms with Crippen LogP contribution in [0.1, 0.15) is 5.69 Å². The Morgan fingerprint density at radius 1 is 1.42 bits per heavy atom. The molecule has 0 aliphatic carbocycles. The highest BCUT2D eigenvalue weighted by Gasteiger charge is 2.22. The van der Waals surface area contributed by atoms with Crippen LogP contribution in [0.2, 0.25) is 5.02 Å². The van der Waals surface area contributed by atoms with E-state index in [1.165, 1.54) is 6.07 Å². The molecule has 5 nitrogen and oxygen atoms in total. The summed E-state index contributed by atoms with van der Waals surface area (Å²) in [6, 6.07) is 5.56. The monoisotopic (exact) mass is 281 g/mol. The van der Waals surface area contributed by atoms with Crippen LogP contribution in [0.15, 0.2) is 30.5 Å². The van der Waals surface area contributed by atoms with Gasteiger partial charge in [-0.05, 0) is 31.2 Å². The summed E-state index contributed by atoms with van der Waals surface area (Å²) in [5.74, 6) is -0.985. The third kappa shape index (κ3) is 2.79. The van der Waals surface area contributed by atoms with Gasteiger partial charge in [0, 0.05) is 11.2 Å². The molecule has 0 saturated heterocycles. The lowest BCUT2D eigenvalue weighted by molar-refractivity contribution is -0.386. The maximum atomic E-state index is 13.6. The molecule has 0 aliphatic heterocycles. The minimum Gasteiger partial charge on any atom is -0.348 e. The molecular formula is C12H9ClFN3O2. The van der Waals surface area contributed by atoms with Gasteiger partial charge in [0.2, 0.25) is 5.82 Å². The van der Waals surface area contributed by atoms with E-state index in [1.807, 2.05) is 0 Å². The van der Waals surface area contributed by atoms with Gasteiger partial charge in [-0.3, -0.25) is 15.1 Å². The molecule has 1 N–H and O–H groups in total. The van der Waals surface area contributed by atoms with Crippen LogP contribution in [0.3, 0.4) is 0 Å². The van der Waals surface area contributed by atoms with E-state index in [-0.39, 0.29) is 10.7 Å². The molecule has 0 atom stereocenters. The van der Waals surface area contributed by atoms with Gasteiger partial charge in [-0.2, -0.15) is 4.39 Å². The van der Waals surface area contributed by atoms with Crippen LogP contribution < -0.4 is 5.32 Å². The van der Waals surface area contributed by atoms with Gasteiger partial charge in [0.1, 0.15) is 5.69 Å². The van der Waals surface area contributed by atoms with E-state index in [4.69, 9.17) is 11.6 Å². The molecule has 0 radical (unpaired) electrons. The lowest BCUT2D eigenvalue weighted by atomic mass is 10.2. The molecule has 2 aromatic rings. The van der Waals surface area contributed by atoms with E-state index in [1.54, 1.807) is 25.3 Å². The Labute approximate surface area is 113 Å². The van der Waals surface area contributed by atoms with Crippen LogP contribution in [0.25, 0.3) is 0 Å². The van der Waals surface area contributed by atoms with Gasteiger partial charge in [0.05, 0.1) is 16.3 Å². The number of anilines is 2. The van der Waals surface area contributed by atoms with Crippen molar-refractivity contribution in [2.75, 3.05) is 5.32 Å². The summed E-state index contributed by atoms with van der Waals surface area (Å²) in [5.41, 5.74) is 0.531. The lowest BCUT2D eigenvalue weighted by Crippen LogP contribution is -2.01. The first-order valence-electron chi connectivity index (χ1n) is 5.31. The Hall–Kier alpha value is -2.21. The van der Waals surface area contributed by atoms with Crippen molar-refractivity contribution < 1.29 is 9.31 Å². The molecule has 19 heavy (non-hydrogen) atoms. The molecular weight excluding hydrogens is 273 g/mol. The average molecular weight is 282 g/mol. The quantitative estimate of drug-likeness (QED) is 0.685. The number of hydrogen-bond donors (Lipinski definition) is 1. The van der Waals surface area contributed by atoms with E-state index in [0.717, 1.165) is 6.07 Å². The number of rotatable bonds is 3. The molecule has 0 aliphatic rings. The number of nitro groups is 1. The zero-order valence-corrected chi connectivity index (χ0v) is 10.6. The molecule has 0 saturated carbocycles. The third-order valence-corrected chi connectivity index (χ3v) is 2.71. The maximum Gasteiger partial charge on any atom is 0.328 e. The van der Waals surface area contributed by atoms with Crippen molar-refractivity contribution in [2.24, 2.45) is 0 Å². The molecule has 98 valence electrons. The summed E-state index contributed by atoms with van der Waals surface area (Å²) in [6.45, 7) is 1.73. The van der Waals surface area contributed by atoms with Gasteiger partial charge in [-0.15, -0.1) is 0 Å². The highest BCUT2D eigenvalue weighted by molar-refractivity contribution is 6.31. The fraction of sp³-hybridized carbons (Fsp3) is 0.0833. The second kappa shape index (κ2) is 5.19. The van der Waals surface area contributed by atoms with Crippen LogP contribution in [0, 0.1) is 22.9 Å². The predicted molar refractivity (Wildman–Crippen MR) is 70.3 cm³/mol. The molecule has 0 fully saturated rings. The van der Waals surface area contributed by atoms with Gasteiger partial charge in [0.25, 0.3) is 0 Å². The van der Waals surface area contributed by atoms with Crippen molar-refractivity contribution in [3.8, 4) is 0 Å². The fourth-order valence-corrected chi connectivity index (χ4v) is 1.81. The van der Waals surface area contributed by atoms with Crippen molar-refractivity contribution in [3.05, 3.63) is 57.1 Å². The van der Waals surface area contributed by atoms with Crippen LogP contribution >= 0.6 is 11.6 Å². The number of aromatic nitrogens is 1. The highest BCUT2D eigenvalue weighted by Crippen LogP contribution is 2.33. The van der Waals surface area contributed by atoms with Crippen molar-refractivity contribution in [1.82, 2.24) is 4.98 Å². The summed E-state index contributed by atoms with van der Waals surface area (Å²) in [5, 5.41) is 13.7. The number of pyridine rings is 1. The second-order valence-electron chi connectivity index (χ2n) is 3.80. The maximum absolute atomic E-state index is 13.6. The largest absolute Gasteiger partial charge is 0.348 e. The SMILES string of the molecule is Cc1ncccc1Nc1cc(Cl)cc(F)c1[N+](=O)[O-]. The third-order valence-electron chi connectivity index (χ3n) is 2.49. The summed E-state index contributed by atoms with van der Waals surface area (Å²) < 4.78 is 13.6. The lowest BCUT2D eigenvalue weighted by Gasteiger charge is -2.09. The van der Waals surface area contributed by atoms with Crippen LogP contribution in [-0.2, 0) is 0 Å². The minimum atomic E-state index is -0.985. The topological polar surface area (TPSA) is 68.1 Å². The van der Waals surface area contributed by atoms with Crippen LogP contribution in [-0.4, -0.2) is 9.91 Å². The van der Waals surface area contributed by atoms with Crippen molar-refractivity contribution in [2.45, 2.75) is 6.92 Å². The number of nitro benzene ring substituents is 1. The van der Waals surface area contributed by atoms with Gasteiger partial charge in [-0.1, -0.05) is 11.6 Å². The van der Waals surface area contributed by atoms with E-state index >= 15 is 0 Å². The van der Waals surface area contributed by atoms with Gasteiger partial charge < -0.3 is 5.32 Å². The molecule has 1 aromatic carbocycles. The number of nitrogens with one attached hydrogen (secondary N) is 1. The van der Waals surface area contributed by atoms with Gasteiger partial charge >= 0.3 is 5.69 Å². The standard InChI is InChI=1S/C12H9ClFN3O2/c1-7-10(3-2-4-15-7)16-11-6-8(13)5-9(14)12(11)17(18)19/h2-6,16H,1H3. The number of nitrogens with zero attached hydrogens (tertiary/aromatic N) is 2. The van der Waals surface area contributed by atoms with Crippen molar-refractivity contribution in [1.29, 1.82) is 0 Å². The zero-order chi connectivity index (χ0) is 14.0. The fourth-order valence-electron chi connectivity index (χ4n) is 1.61. The molecule has 0 bridgehead atoms. The van der Waals surface area contributed by atoms with Gasteiger partial charge in [-0.25, -0.2) is 0 Å². The van der Waals surface area contributed by atoms with E-state index in [9.17, 15) is 14.5 Å². The molecule has 0 amide bonds. The van der Waals surface area contributed by atoms with Crippen molar-refractivity contribution in [3.63, 3.8) is 0 Å². The predicted octanol–water partition coefficient (Wildman–Crippen LogP) is 3.83. The summed E-state index contributed by atoms with van der Waals surface area (Å²) in [4.78, 5) is 14.1. The number of halogens is 2. The number of benzene rings is 1. The molecule has 1 heterocycles. The van der Waals surface area contributed by atoms with E-state index < -0.39 is 16.4 Å². The normalized spacial score (nSPS) is 10.3. The summed E-state index contributed by atoms with van der Waals surface area (Å²) in [7, 11) is 0. The zero-order valence-electron chi connectivity index (χ0n) is 9.85. The minimum absolute atomic E-state index is 0.00824. The highest BCUT2D eigenvalue weighted by atomic mass is 35.5. The Bertz CT molecular complexity index is 649. The second-order valence-corrected chi connectivity index (χ2v) is 4.24. The van der Waals surface area contributed by atoms with Crippen molar-refractivity contribution >= 4 is 28.7 Å². The summed E-state index contributed by atoms with van der Waals surface area (Å²) >= 11 is 5.71. The Balaban J connectivity index is 2.51. The first-order valence-corrected chi connectivity index (χ1v) is 5.69. The molecule has 7 heteroatoms. The number of aryl methyl sites for hydroxylation is 1. The first kappa shape index (κ1) is 13.2. The Morgan fingerprint density at radius 2 is 2.16 bits per heavy atom. The molecule has 0 unspecified atom stereocenters. The molecule has 0 spiro atoms. The molecule has 2 rings (SSSR count). The van der Waals surface area contributed by atoms with Crippen LogP contribution in [0.5, 0.6) is 0 Å². The van der Waals surface area contributed by atoms with Crippen LogP contribution in [0.4, 0.5) is 21.5 Å². The molecule has 1 aromatic heterocycles. The first-order chi connectivity index (χ1) is 8.99.